The largest absolute Gasteiger partial charge is 0.487 e. The van der Waals surface area contributed by atoms with E-state index in [1.165, 1.54) is 0 Å². The zero-order valence-corrected chi connectivity index (χ0v) is 15.3. The monoisotopic (exact) mass is 369 g/mol. The zero-order valence-electron chi connectivity index (χ0n) is 14.4. The van der Waals surface area contributed by atoms with E-state index in [-0.39, 0.29) is 5.91 Å². The molecule has 8 heteroatoms. The van der Waals surface area contributed by atoms with Crippen molar-refractivity contribution in [1.29, 1.82) is 0 Å². The highest BCUT2D eigenvalue weighted by molar-refractivity contribution is 7.09. The maximum atomic E-state index is 12.3. The van der Waals surface area contributed by atoms with Crippen LogP contribution in [-0.4, -0.2) is 25.7 Å². The van der Waals surface area contributed by atoms with Crippen molar-refractivity contribution in [2.75, 3.05) is 0 Å². The number of ether oxygens (including phenoxy) is 1. The molecule has 1 aliphatic rings. The molecule has 0 atom stereocenters. The second kappa shape index (κ2) is 7.25. The zero-order chi connectivity index (χ0) is 17.9. The van der Waals surface area contributed by atoms with Gasteiger partial charge in [0.05, 0.1) is 17.2 Å². The summed E-state index contributed by atoms with van der Waals surface area (Å²) < 4.78 is 7.78. The quantitative estimate of drug-likeness (QED) is 0.722. The molecule has 134 valence electrons. The Bertz CT molecular complexity index is 916. The number of amides is 1. The molecular formula is C18H19N5O2S. The lowest BCUT2D eigenvalue weighted by Crippen LogP contribution is -2.24. The van der Waals surface area contributed by atoms with E-state index in [0.717, 1.165) is 41.7 Å². The maximum Gasteiger partial charge on any atom is 0.251 e. The average molecular weight is 369 g/mol. The lowest BCUT2D eigenvalue weighted by atomic mass is 10.2. The number of aromatic nitrogens is 4. The van der Waals surface area contributed by atoms with E-state index in [1.54, 1.807) is 35.6 Å². The van der Waals surface area contributed by atoms with Crippen LogP contribution in [0.2, 0.25) is 0 Å². The van der Waals surface area contributed by atoms with E-state index in [4.69, 9.17) is 4.74 Å². The number of hydrogen-bond acceptors (Lipinski definition) is 6. The summed E-state index contributed by atoms with van der Waals surface area (Å²) in [5.41, 5.74) is 1.50. The smallest absolute Gasteiger partial charge is 0.251 e. The molecule has 26 heavy (non-hydrogen) atoms. The topological polar surface area (TPSA) is 81.9 Å². The van der Waals surface area contributed by atoms with Gasteiger partial charge in [0.1, 0.15) is 18.2 Å². The predicted molar refractivity (Wildman–Crippen MR) is 97.1 cm³/mol. The van der Waals surface area contributed by atoms with Crippen LogP contribution in [0, 0.1) is 6.92 Å². The van der Waals surface area contributed by atoms with E-state index < -0.39 is 0 Å². The van der Waals surface area contributed by atoms with Gasteiger partial charge in [0.25, 0.3) is 5.91 Å². The predicted octanol–water partition coefficient (Wildman–Crippen LogP) is 2.50. The average Bonchev–Trinajstić information content (AvgIpc) is 3.36. The summed E-state index contributed by atoms with van der Waals surface area (Å²) in [6, 6.07) is 7.10. The Hall–Kier alpha value is -2.74. The van der Waals surface area contributed by atoms with E-state index in [1.807, 2.05) is 12.3 Å². The Morgan fingerprint density at radius 3 is 2.92 bits per heavy atom. The van der Waals surface area contributed by atoms with Gasteiger partial charge in [-0.25, -0.2) is 4.98 Å². The van der Waals surface area contributed by atoms with Gasteiger partial charge in [0.15, 0.2) is 5.82 Å². The molecule has 0 unspecified atom stereocenters. The molecule has 3 heterocycles. The second-order valence-electron chi connectivity index (χ2n) is 6.14. The van der Waals surface area contributed by atoms with Crippen molar-refractivity contribution in [3.63, 3.8) is 0 Å². The van der Waals surface area contributed by atoms with Crippen LogP contribution < -0.4 is 10.1 Å². The summed E-state index contributed by atoms with van der Waals surface area (Å²) in [5, 5.41) is 14.2. The van der Waals surface area contributed by atoms with Gasteiger partial charge in [-0.1, -0.05) is 0 Å². The third-order valence-electron chi connectivity index (χ3n) is 4.26. The van der Waals surface area contributed by atoms with Gasteiger partial charge in [0, 0.05) is 23.9 Å². The van der Waals surface area contributed by atoms with Crippen molar-refractivity contribution >= 4 is 17.2 Å². The number of nitrogens with zero attached hydrogens (tertiary/aromatic N) is 4. The molecule has 0 bridgehead atoms. The summed E-state index contributed by atoms with van der Waals surface area (Å²) in [5.74, 6) is 2.39. The standard InChI is InChI=1S/C18H19N5O2S/c1-12-20-14(11-26-12)10-25-15-6-4-13(5-7-15)18(24)19-9-17-22-21-16-3-2-8-23(16)17/h4-7,11H,2-3,8-10H2,1H3,(H,19,24). The third kappa shape index (κ3) is 3.60. The first kappa shape index (κ1) is 16.7. The first-order chi connectivity index (χ1) is 12.7. The van der Waals surface area contributed by atoms with Crippen LogP contribution in [-0.2, 0) is 26.1 Å². The van der Waals surface area contributed by atoms with Crippen molar-refractivity contribution in [1.82, 2.24) is 25.1 Å². The molecule has 0 saturated carbocycles. The number of thiazole rings is 1. The van der Waals surface area contributed by atoms with Gasteiger partial charge in [-0.05, 0) is 37.6 Å². The SMILES string of the molecule is Cc1nc(COc2ccc(C(=O)NCc3nnc4n3CCC4)cc2)cs1. The summed E-state index contributed by atoms with van der Waals surface area (Å²) in [6.45, 7) is 3.70. The minimum absolute atomic E-state index is 0.137. The molecule has 0 radical (unpaired) electrons. The van der Waals surface area contributed by atoms with Crippen molar-refractivity contribution in [3.05, 3.63) is 57.6 Å². The third-order valence-corrected chi connectivity index (χ3v) is 5.09. The molecule has 1 amide bonds. The Labute approximate surface area is 155 Å². The molecule has 1 N–H and O–H groups in total. The number of fused-ring (bicyclic) bond motifs is 1. The van der Waals surface area contributed by atoms with E-state index >= 15 is 0 Å². The van der Waals surface area contributed by atoms with Crippen LogP contribution in [0.3, 0.4) is 0 Å². The highest BCUT2D eigenvalue weighted by atomic mass is 32.1. The van der Waals surface area contributed by atoms with E-state index in [2.05, 4.69) is 25.1 Å². The van der Waals surface area contributed by atoms with Gasteiger partial charge in [-0.2, -0.15) is 0 Å². The first-order valence-electron chi connectivity index (χ1n) is 8.52. The van der Waals surface area contributed by atoms with E-state index in [0.29, 0.717) is 24.5 Å². The second-order valence-corrected chi connectivity index (χ2v) is 7.20. The highest BCUT2D eigenvalue weighted by Gasteiger charge is 2.17. The summed E-state index contributed by atoms with van der Waals surface area (Å²) in [4.78, 5) is 16.7. The molecule has 0 saturated heterocycles. The lowest BCUT2D eigenvalue weighted by molar-refractivity contribution is 0.0949. The number of nitrogens with one attached hydrogen (secondary N) is 1. The molecule has 0 aliphatic carbocycles. The van der Waals surface area contributed by atoms with Gasteiger partial charge < -0.3 is 14.6 Å². The Morgan fingerprint density at radius 1 is 1.31 bits per heavy atom. The first-order valence-corrected chi connectivity index (χ1v) is 9.40. The van der Waals surface area contributed by atoms with Crippen LogP contribution >= 0.6 is 11.3 Å². The summed E-state index contributed by atoms with van der Waals surface area (Å²) >= 11 is 1.60. The molecule has 0 spiro atoms. The van der Waals surface area contributed by atoms with Crippen molar-refractivity contribution in [2.24, 2.45) is 0 Å². The number of rotatable bonds is 6. The fraction of sp³-hybridized carbons (Fsp3) is 0.333. The van der Waals surface area contributed by atoms with Crippen molar-refractivity contribution in [2.45, 2.75) is 39.5 Å². The fourth-order valence-corrected chi connectivity index (χ4v) is 3.53. The minimum Gasteiger partial charge on any atom is -0.487 e. The maximum absolute atomic E-state index is 12.3. The Balaban J connectivity index is 1.31. The fourth-order valence-electron chi connectivity index (χ4n) is 2.94. The van der Waals surface area contributed by atoms with Gasteiger partial charge >= 0.3 is 0 Å². The van der Waals surface area contributed by atoms with Crippen LogP contribution in [0.1, 0.15) is 39.1 Å². The van der Waals surface area contributed by atoms with Gasteiger partial charge in [0.2, 0.25) is 0 Å². The summed E-state index contributed by atoms with van der Waals surface area (Å²) in [7, 11) is 0. The van der Waals surface area contributed by atoms with E-state index in [9.17, 15) is 4.79 Å². The van der Waals surface area contributed by atoms with Crippen molar-refractivity contribution < 1.29 is 9.53 Å². The Kier molecular flexibility index (Phi) is 4.66. The number of carbonyl (C=O) groups is 1. The highest BCUT2D eigenvalue weighted by Crippen LogP contribution is 2.16. The van der Waals surface area contributed by atoms with Crippen LogP contribution in [0.25, 0.3) is 0 Å². The molecule has 1 aliphatic heterocycles. The van der Waals surface area contributed by atoms with Crippen molar-refractivity contribution in [3.8, 4) is 5.75 Å². The molecule has 7 nitrogen and oxygen atoms in total. The van der Waals surface area contributed by atoms with Crippen LogP contribution in [0.15, 0.2) is 29.6 Å². The lowest BCUT2D eigenvalue weighted by Gasteiger charge is -2.07. The molecule has 3 aromatic rings. The Morgan fingerprint density at radius 2 is 2.15 bits per heavy atom. The van der Waals surface area contributed by atoms with Gasteiger partial charge in [-0.3, -0.25) is 4.79 Å². The molecular weight excluding hydrogens is 350 g/mol. The molecule has 2 aromatic heterocycles. The minimum atomic E-state index is -0.137. The molecule has 1 aromatic carbocycles. The summed E-state index contributed by atoms with van der Waals surface area (Å²) in [6.07, 6.45) is 2.05. The number of benzene rings is 1. The normalized spacial score (nSPS) is 12.8. The van der Waals surface area contributed by atoms with Crippen LogP contribution in [0.4, 0.5) is 0 Å². The van der Waals surface area contributed by atoms with Gasteiger partial charge in [-0.15, -0.1) is 21.5 Å². The number of aryl methyl sites for hydroxylation is 2. The molecule has 4 rings (SSSR count). The number of carbonyl (C=O) groups excluding carboxylic acids is 1. The van der Waals surface area contributed by atoms with Crippen LogP contribution in [0.5, 0.6) is 5.75 Å². The number of hydrogen-bond donors (Lipinski definition) is 1. The molecule has 0 fully saturated rings.